The number of nitrogens with zero attached hydrogens (tertiary/aromatic N) is 2. The van der Waals surface area contributed by atoms with Gasteiger partial charge in [-0.2, -0.15) is 0 Å². The lowest BCUT2D eigenvalue weighted by Crippen LogP contribution is -2.41. The SMILES string of the molecule is COc1ccc(N2C[C@](O)(c3ccc(OC)c(OC)c3)[N+]3=C2CCCCC3)cc1. The molecule has 1 N–H and O–H groups in total. The van der Waals surface area contributed by atoms with Crippen molar-refractivity contribution in [3.63, 3.8) is 0 Å². The second kappa shape index (κ2) is 7.95. The van der Waals surface area contributed by atoms with Gasteiger partial charge in [0, 0.05) is 12.0 Å². The molecule has 0 aliphatic carbocycles. The monoisotopic (exact) mass is 397 g/mol. The summed E-state index contributed by atoms with van der Waals surface area (Å²) in [4.78, 5) is 2.24. The molecule has 2 aliphatic heterocycles. The Bertz CT molecular complexity index is 910. The van der Waals surface area contributed by atoms with Crippen LogP contribution in [0.2, 0.25) is 0 Å². The van der Waals surface area contributed by atoms with Gasteiger partial charge < -0.3 is 19.3 Å². The summed E-state index contributed by atoms with van der Waals surface area (Å²) < 4.78 is 18.3. The molecular weight excluding hydrogens is 368 g/mol. The quantitative estimate of drug-likeness (QED) is 0.784. The molecule has 2 aliphatic rings. The third-order valence-electron chi connectivity index (χ3n) is 5.96. The topological polar surface area (TPSA) is 54.2 Å². The molecule has 0 aromatic heterocycles. The molecule has 0 amide bonds. The van der Waals surface area contributed by atoms with E-state index in [-0.39, 0.29) is 0 Å². The van der Waals surface area contributed by atoms with Crippen molar-refractivity contribution < 1.29 is 23.9 Å². The molecule has 0 bridgehead atoms. The molecule has 0 unspecified atom stereocenters. The minimum absolute atomic E-state index is 0.462. The van der Waals surface area contributed by atoms with Crippen LogP contribution in [0.4, 0.5) is 5.69 Å². The number of hydrogen-bond acceptors (Lipinski definition) is 5. The standard InChI is InChI=1S/C23H29N2O4/c1-27-19-11-9-18(10-12-19)24-16-23(26,25-14-6-4-5-7-22(24)25)17-8-13-20(28-2)21(15-17)29-3/h8-13,15,26H,4-7,14,16H2,1-3H3/q+1/t23-/m0/s1. The number of anilines is 1. The molecule has 0 saturated heterocycles. The van der Waals surface area contributed by atoms with Crippen molar-refractivity contribution in [3.8, 4) is 17.2 Å². The van der Waals surface area contributed by atoms with Gasteiger partial charge in [0.15, 0.2) is 18.0 Å². The summed E-state index contributed by atoms with van der Waals surface area (Å²) in [5, 5.41) is 11.9. The fraction of sp³-hybridized carbons (Fsp3) is 0.435. The largest absolute Gasteiger partial charge is 0.497 e. The second-order valence-electron chi connectivity index (χ2n) is 7.55. The van der Waals surface area contributed by atoms with Gasteiger partial charge in [-0.1, -0.05) is 0 Å². The van der Waals surface area contributed by atoms with Crippen molar-refractivity contribution in [2.45, 2.75) is 31.4 Å². The van der Waals surface area contributed by atoms with Crippen LogP contribution < -0.4 is 19.1 Å². The highest BCUT2D eigenvalue weighted by atomic mass is 16.5. The van der Waals surface area contributed by atoms with Crippen LogP contribution in [-0.4, -0.2) is 49.9 Å². The molecule has 2 aromatic rings. The molecule has 2 aromatic carbocycles. The Morgan fingerprint density at radius 3 is 2.34 bits per heavy atom. The third-order valence-corrected chi connectivity index (χ3v) is 5.96. The van der Waals surface area contributed by atoms with Gasteiger partial charge in [-0.15, -0.1) is 0 Å². The summed E-state index contributed by atoms with van der Waals surface area (Å²) in [5.41, 5.74) is 0.744. The van der Waals surface area contributed by atoms with Crippen LogP contribution in [0.15, 0.2) is 42.5 Å². The lowest BCUT2D eigenvalue weighted by Gasteiger charge is -2.24. The number of methoxy groups -OCH3 is 3. The van der Waals surface area contributed by atoms with Gasteiger partial charge in [0.1, 0.15) is 11.4 Å². The lowest BCUT2D eigenvalue weighted by molar-refractivity contribution is -0.658. The summed E-state index contributed by atoms with van der Waals surface area (Å²) in [7, 11) is 4.91. The summed E-state index contributed by atoms with van der Waals surface area (Å²) in [5.74, 6) is 3.28. The number of aliphatic hydroxyl groups is 1. The van der Waals surface area contributed by atoms with Gasteiger partial charge >= 0.3 is 0 Å². The number of β-amino-alcohol motifs (C(OH)–C–C–N with tert-alkyl or cyclic N) is 1. The Balaban J connectivity index is 1.78. The Labute approximate surface area is 171 Å². The van der Waals surface area contributed by atoms with Crippen LogP contribution in [0.5, 0.6) is 17.2 Å². The van der Waals surface area contributed by atoms with E-state index in [1.54, 1.807) is 21.3 Å². The van der Waals surface area contributed by atoms with Crippen molar-refractivity contribution in [2.75, 3.05) is 39.3 Å². The zero-order valence-corrected chi connectivity index (χ0v) is 17.4. The van der Waals surface area contributed by atoms with E-state index < -0.39 is 5.72 Å². The molecule has 1 atom stereocenters. The summed E-state index contributed by atoms with van der Waals surface area (Å²) in [6.07, 6.45) is 4.30. The maximum absolute atomic E-state index is 11.9. The van der Waals surface area contributed by atoms with E-state index in [9.17, 15) is 5.11 Å². The van der Waals surface area contributed by atoms with Gasteiger partial charge in [-0.05, 0) is 61.7 Å². The van der Waals surface area contributed by atoms with Crippen molar-refractivity contribution in [1.82, 2.24) is 0 Å². The van der Waals surface area contributed by atoms with Crippen molar-refractivity contribution in [3.05, 3.63) is 48.0 Å². The van der Waals surface area contributed by atoms with Crippen LogP contribution in [-0.2, 0) is 5.72 Å². The van der Waals surface area contributed by atoms with Gasteiger partial charge in [-0.3, -0.25) is 0 Å². The molecule has 154 valence electrons. The van der Waals surface area contributed by atoms with Crippen LogP contribution in [0.25, 0.3) is 0 Å². The first-order valence-corrected chi connectivity index (χ1v) is 10.1. The average molecular weight is 397 g/mol. The molecule has 0 saturated carbocycles. The van der Waals surface area contributed by atoms with Gasteiger partial charge in [0.05, 0.1) is 27.9 Å². The highest BCUT2D eigenvalue weighted by molar-refractivity contribution is 5.96. The fourth-order valence-corrected chi connectivity index (χ4v) is 4.40. The van der Waals surface area contributed by atoms with Crippen molar-refractivity contribution in [1.29, 1.82) is 0 Å². The van der Waals surface area contributed by atoms with E-state index in [0.29, 0.717) is 18.0 Å². The zero-order chi connectivity index (χ0) is 20.4. The van der Waals surface area contributed by atoms with Crippen LogP contribution in [0, 0.1) is 0 Å². The third kappa shape index (κ3) is 3.42. The zero-order valence-electron chi connectivity index (χ0n) is 17.4. The highest BCUT2D eigenvalue weighted by Gasteiger charge is 2.52. The van der Waals surface area contributed by atoms with Gasteiger partial charge in [0.2, 0.25) is 0 Å². The first-order chi connectivity index (χ1) is 14.1. The summed E-state index contributed by atoms with van der Waals surface area (Å²) >= 11 is 0. The molecule has 6 heteroatoms. The van der Waals surface area contributed by atoms with Gasteiger partial charge in [0.25, 0.3) is 11.6 Å². The predicted molar refractivity (Wildman–Crippen MR) is 112 cm³/mol. The molecular formula is C23H29N2O4+. The Morgan fingerprint density at radius 2 is 1.66 bits per heavy atom. The molecule has 0 fully saturated rings. The molecule has 6 nitrogen and oxygen atoms in total. The van der Waals surface area contributed by atoms with Gasteiger partial charge in [-0.25, -0.2) is 9.48 Å². The normalized spacial score (nSPS) is 21.6. The average Bonchev–Trinajstić information content (AvgIpc) is 2.91. The van der Waals surface area contributed by atoms with E-state index in [4.69, 9.17) is 14.2 Å². The highest BCUT2D eigenvalue weighted by Crippen LogP contribution is 2.39. The summed E-state index contributed by atoms with van der Waals surface area (Å²) in [6.45, 7) is 1.29. The van der Waals surface area contributed by atoms with Crippen molar-refractivity contribution in [2.24, 2.45) is 0 Å². The number of ether oxygens (including phenoxy) is 3. The number of rotatable bonds is 5. The lowest BCUT2D eigenvalue weighted by atomic mass is 10.0. The van der Waals surface area contributed by atoms with Crippen LogP contribution in [0.1, 0.15) is 31.2 Å². The van der Waals surface area contributed by atoms with E-state index in [2.05, 4.69) is 21.6 Å². The number of hydrogen-bond donors (Lipinski definition) is 1. The Morgan fingerprint density at radius 1 is 0.897 bits per heavy atom. The number of amidine groups is 1. The summed E-state index contributed by atoms with van der Waals surface area (Å²) in [6, 6.07) is 13.7. The van der Waals surface area contributed by atoms with Crippen LogP contribution in [0.3, 0.4) is 0 Å². The fourth-order valence-electron chi connectivity index (χ4n) is 4.40. The van der Waals surface area contributed by atoms with E-state index in [0.717, 1.165) is 42.8 Å². The van der Waals surface area contributed by atoms with Crippen LogP contribution >= 0.6 is 0 Å². The second-order valence-corrected chi connectivity index (χ2v) is 7.55. The molecule has 29 heavy (non-hydrogen) atoms. The molecule has 4 rings (SSSR count). The first kappa shape index (κ1) is 19.6. The first-order valence-electron chi connectivity index (χ1n) is 10.1. The van der Waals surface area contributed by atoms with E-state index in [1.165, 1.54) is 12.3 Å². The molecule has 0 spiro atoms. The minimum atomic E-state index is -1.13. The van der Waals surface area contributed by atoms with E-state index >= 15 is 0 Å². The number of benzene rings is 2. The van der Waals surface area contributed by atoms with Crippen molar-refractivity contribution >= 4 is 11.5 Å². The maximum Gasteiger partial charge on any atom is 0.271 e. The molecule has 2 heterocycles. The smallest absolute Gasteiger partial charge is 0.271 e. The minimum Gasteiger partial charge on any atom is -0.497 e. The molecule has 0 radical (unpaired) electrons. The maximum atomic E-state index is 11.9. The Kier molecular flexibility index (Phi) is 5.37. The predicted octanol–water partition coefficient (Wildman–Crippen LogP) is 3.36. The van der Waals surface area contributed by atoms with E-state index in [1.807, 2.05) is 30.3 Å². The Hall–Kier alpha value is -2.73.